The quantitative estimate of drug-likeness (QED) is 0.479. The third-order valence-electron chi connectivity index (χ3n) is 1.65. The Kier molecular flexibility index (Phi) is 3.15. The van der Waals surface area contributed by atoms with Crippen molar-refractivity contribution in [3.63, 3.8) is 0 Å². The molecule has 0 N–H and O–H groups in total. The molecule has 0 radical (unpaired) electrons. The largest absolute Gasteiger partial charge is 0.283 e. The highest BCUT2D eigenvalue weighted by Gasteiger charge is 2.31. The van der Waals surface area contributed by atoms with Gasteiger partial charge in [0, 0.05) is 17.7 Å². The van der Waals surface area contributed by atoms with E-state index in [0.29, 0.717) is 0 Å². The van der Waals surface area contributed by atoms with Crippen molar-refractivity contribution in [3.8, 4) is 0 Å². The van der Waals surface area contributed by atoms with E-state index in [4.69, 9.17) is 0 Å². The number of nitro benzene ring substituents is 1. The molecule has 14 heavy (non-hydrogen) atoms. The van der Waals surface area contributed by atoms with Crippen molar-refractivity contribution in [1.82, 2.24) is 0 Å². The highest BCUT2D eigenvalue weighted by Crippen LogP contribution is 2.31. The predicted octanol–water partition coefficient (Wildman–Crippen LogP) is 3.08. The zero-order valence-corrected chi connectivity index (χ0v) is 8.50. The lowest BCUT2D eigenvalue weighted by molar-refractivity contribution is -0.385. The monoisotopic (exact) mass is 265 g/mol. The molecular formula is C8H6BrF2NO2. The van der Waals surface area contributed by atoms with Crippen molar-refractivity contribution in [1.29, 1.82) is 0 Å². The molecule has 76 valence electrons. The van der Waals surface area contributed by atoms with E-state index in [-0.39, 0.29) is 11.3 Å². The molecular weight excluding hydrogens is 260 g/mol. The smallest absolute Gasteiger partial charge is 0.258 e. The molecule has 0 aromatic heterocycles. The average Bonchev–Trinajstić information content (AvgIpc) is 2.18. The minimum atomic E-state index is -3.08. The Hall–Kier alpha value is -1.04. The second-order valence-electron chi connectivity index (χ2n) is 2.65. The van der Waals surface area contributed by atoms with Gasteiger partial charge in [-0.2, -0.15) is 0 Å². The van der Waals surface area contributed by atoms with Crippen LogP contribution in [0.25, 0.3) is 0 Å². The lowest BCUT2D eigenvalue weighted by atomic mass is 10.1. The van der Waals surface area contributed by atoms with Gasteiger partial charge < -0.3 is 0 Å². The van der Waals surface area contributed by atoms with Gasteiger partial charge in [-0.05, 0) is 0 Å². The lowest BCUT2D eigenvalue weighted by Crippen LogP contribution is -2.14. The van der Waals surface area contributed by atoms with Crippen molar-refractivity contribution in [2.75, 3.05) is 5.33 Å². The number of rotatable bonds is 3. The first kappa shape index (κ1) is 11.0. The molecule has 3 nitrogen and oxygen atoms in total. The predicted molar refractivity (Wildman–Crippen MR) is 50.8 cm³/mol. The number of hydrogen-bond donors (Lipinski definition) is 0. The number of non-ortho nitro benzene ring substituents is 1. The van der Waals surface area contributed by atoms with Crippen LogP contribution in [0.1, 0.15) is 5.56 Å². The Labute approximate surface area is 87.0 Å². The third-order valence-corrected chi connectivity index (χ3v) is 2.35. The van der Waals surface area contributed by atoms with E-state index in [1.807, 2.05) is 0 Å². The summed E-state index contributed by atoms with van der Waals surface area (Å²) in [6.07, 6.45) is 0. The fraction of sp³-hybridized carbons (Fsp3) is 0.250. The Morgan fingerprint density at radius 1 is 1.50 bits per heavy atom. The molecule has 0 aliphatic carbocycles. The Balaban J connectivity index is 3.12. The van der Waals surface area contributed by atoms with Crippen molar-refractivity contribution in [2.24, 2.45) is 0 Å². The van der Waals surface area contributed by atoms with E-state index in [9.17, 15) is 18.9 Å². The molecule has 6 heteroatoms. The van der Waals surface area contributed by atoms with Crippen LogP contribution in [0.4, 0.5) is 14.5 Å². The molecule has 0 heterocycles. The molecule has 0 spiro atoms. The Morgan fingerprint density at radius 2 is 2.14 bits per heavy atom. The third kappa shape index (κ3) is 2.25. The van der Waals surface area contributed by atoms with E-state index in [1.54, 1.807) is 0 Å². The Morgan fingerprint density at radius 3 is 2.64 bits per heavy atom. The normalized spacial score (nSPS) is 11.4. The summed E-state index contributed by atoms with van der Waals surface area (Å²) < 4.78 is 26.1. The number of nitrogens with zero attached hydrogens (tertiary/aromatic N) is 1. The van der Waals surface area contributed by atoms with Gasteiger partial charge in [0.05, 0.1) is 10.3 Å². The molecule has 0 bridgehead atoms. The highest BCUT2D eigenvalue weighted by molar-refractivity contribution is 9.09. The van der Waals surface area contributed by atoms with Crippen LogP contribution in [0.5, 0.6) is 0 Å². The summed E-state index contributed by atoms with van der Waals surface area (Å²) in [7, 11) is 0. The topological polar surface area (TPSA) is 43.1 Å². The molecule has 1 aromatic rings. The maximum atomic E-state index is 13.1. The summed E-state index contributed by atoms with van der Waals surface area (Å²) in [6, 6.07) is 4.45. The molecule has 0 saturated carbocycles. The maximum absolute atomic E-state index is 13.1. The summed E-state index contributed by atoms with van der Waals surface area (Å²) in [5, 5.41) is 9.76. The second-order valence-corrected chi connectivity index (χ2v) is 3.21. The molecule has 0 fully saturated rings. The lowest BCUT2D eigenvalue weighted by Gasteiger charge is -2.12. The molecule has 0 aliphatic rings. The van der Waals surface area contributed by atoms with Crippen molar-refractivity contribution in [2.45, 2.75) is 5.92 Å². The van der Waals surface area contributed by atoms with Gasteiger partial charge in [0.25, 0.3) is 11.6 Å². The van der Waals surface area contributed by atoms with Crippen molar-refractivity contribution in [3.05, 3.63) is 39.9 Å². The molecule has 0 unspecified atom stereocenters. The maximum Gasteiger partial charge on any atom is 0.283 e. The fourth-order valence-electron chi connectivity index (χ4n) is 0.924. The number of hydrogen-bond acceptors (Lipinski definition) is 2. The highest BCUT2D eigenvalue weighted by atomic mass is 79.9. The first-order valence-corrected chi connectivity index (χ1v) is 4.78. The van der Waals surface area contributed by atoms with Crippen LogP contribution in [0.15, 0.2) is 24.3 Å². The number of halogens is 3. The van der Waals surface area contributed by atoms with Crippen LogP contribution in [-0.4, -0.2) is 10.3 Å². The number of alkyl halides is 3. The van der Waals surface area contributed by atoms with Crippen molar-refractivity contribution < 1.29 is 13.7 Å². The minimum absolute atomic E-state index is 0.330. The number of nitro groups is 1. The van der Waals surface area contributed by atoms with Crippen LogP contribution in [0.3, 0.4) is 0 Å². The van der Waals surface area contributed by atoms with Crippen LogP contribution >= 0.6 is 15.9 Å². The van der Waals surface area contributed by atoms with E-state index >= 15 is 0 Å². The zero-order valence-electron chi connectivity index (χ0n) is 6.91. The minimum Gasteiger partial charge on any atom is -0.258 e. The summed E-state index contributed by atoms with van der Waals surface area (Å²) in [5.41, 5.74) is -0.688. The van der Waals surface area contributed by atoms with Gasteiger partial charge in [-0.1, -0.05) is 28.1 Å². The molecule has 1 rings (SSSR count). The van der Waals surface area contributed by atoms with Gasteiger partial charge >= 0.3 is 0 Å². The van der Waals surface area contributed by atoms with Crippen LogP contribution in [0, 0.1) is 10.1 Å². The van der Waals surface area contributed by atoms with E-state index < -0.39 is 16.2 Å². The van der Waals surface area contributed by atoms with Gasteiger partial charge in [-0.3, -0.25) is 10.1 Å². The van der Waals surface area contributed by atoms with E-state index in [2.05, 4.69) is 15.9 Å². The molecule has 0 amide bonds. The molecule has 0 atom stereocenters. The Bertz CT molecular complexity index is 357. The van der Waals surface area contributed by atoms with Gasteiger partial charge in [-0.15, -0.1) is 0 Å². The summed E-state index contributed by atoms with van der Waals surface area (Å²) in [4.78, 5) is 9.62. The van der Waals surface area contributed by atoms with Crippen molar-refractivity contribution >= 4 is 21.6 Å². The van der Waals surface area contributed by atoms with E-state index in [0.717, 1.165) is 12.1 Å². The van der Waals surface area contributed by atoms with Crippen LogP contribution < -0.4 is 0 Å². The van der Waals surface area contributed by atoms with Gasteiger partial charge in [0.2, 0.25) is 0 Å². The fourth-order valence-corrected chi connectivity index (χ4v) is 1.25. The molecule has 0 aliphatic heterocycles. The average molecular weight is 266 g/mol. The summed E-state index contributed by atoms with van der Waals surface area (Å²) >= 11 is 2.65. The zero-order chi connectivity index (χ0) is 10.8. The SMILES string of the molecule is O=[N+]([O-])c1cccc(C(F)(F)CBr)c1. The molecule has 1 aromatic carbocycles. The summed E-state index contributed by atoms with van der Waals surface area (Å²) in [5.74, 6) is -3.08. The van der Waals surface area contributed by atoms with Crippen LogP contribution in [0.2, 0.25) is 0 Å². The first-order valence-electron chi connectivity index (χ1n) is 3.66. The van der Waals surface area contributed by atoms with Gasteiger partial charge in [0.1, 0.15) is 0 Å². The van der Waals surface area contributed by atoms with Gasteiger partial charge in [0.15, 0.2) is 0 Å². The molecule has 0 saturated heterocycles. The van der Waals surface area contributed by atoms with Crippen LogP contribution in [-0.2, 0) is 5.92 Å². The summed E-state index contributed by atoms with van der Waals surface area (Å²) in [6.45, 7) is 0. The first-order chi connectivity index (χ1) is 6.47. The van der Waals surface area contributed by atoms with E-state index in [1.165, 1.54) is 12.1 Å². The van der Waals surface area contributed by atoms with Gasteiger partial charge in [-0.25, -0.2) is 8.78 Å². The second kappa shape index (κ2) is 4.00. The number of benzene rings is 1. The standard InChI is InChI=1S/C8H6BrF2NO2/c9-5-8(10,11)6-2-1-3-7(4-6)12(13)14/h1-4H,5H2.